The third kappa shape index (κ3) is 15.3. The molecule has 12 aromatic carbocycles. The quantitative estimate of drug-likeness (QED) is 0.0291. The summed E-state index contributed by atoms with van der Waals surface area (Å²) < 4.78 is 24.9. The van der Waals surface area contributed by atoms with E-state index in [0.29, 0.717) is 0 Å². The van der Waals surface area contributed by atoms with Crippen molar-refractivity contribution in [3.63, 3.8) is 0 Å². The van der Waals surface area contributed by atoms with Crippen molar-refractivity contribution < 1.29 is 0 Å². The Hall–Kier alpha value is -6.39. The van der Waals surface area contributed by atoms with E-state index in [9.17, 15) is 0 Å². The number of benzene rings is 12. The van der Waals surface area contributed by atoms with Gasteiger partial charge < -0.3 is 0 Å². The molecule has 0 aliphatic heterocycles. The van der Waals surface area contributed by atoms with E-state index in [2.05, 4.69) is 364 Å². The van der Waals surface area contributed by atoms with Gasteiger partial charge in [0.1, 0.15) is 0 Å². The van der Waals surface area contributed by atoms with Gasteiger partial charge in [0, 0.05) is 0 Å². The first-order valence-corrected chi connectivity index (χ1v) is 61.4. The van der Waals surface area contributed by atoms with E-state index in [4.69, 9.17) is 0 Å². The molecule has 464 valence electrons. The molecule has 0 fully saturated rings. The summed E-state index contributed by atoms with van der Waals surface area (Å²) in [4.78, 5) is 0. The van der Waals surface area contributed by atoms with Gasteiger partial charge in [-0.05, 0) is 0 Å². The van der Waals surface area contributed by atoms with Crippen LogP contribution in [0.2, 0.25) is 38.8 Å². The summed E-state index contributed by atoms with van der Waals surface area (Å²) in [5, 5.41) is 5.07. The van der Waals surface area contributed by atoms with E-state index < -0.39 is 71.4 Å². The molecule has 0 radical (unpaired) electrons. The van der Waals surface area contributed by atoms with Crippen LogP contribution >= 0.6 is 0 Å². The van der Waals surface area contributed by atoms with E-state index in [0.717, 1.165) is 0 Å². The minimum absolute atomic E-state index is 1.27. The van der Waals surface area contributed by atoms with Crippen LogP contribution in [-0.2, 0) is 0 Å². The maximum absolute atomic E-state index is 3.19. The molecule has 0 spiro atoms. The molecule has 0 atom stereocenters. The second-order valence-corrected chi connectivity index (χ2v) is 74.5. The van der Waals surface area contributed by atoms with Crippen molar-refractivity contribution in [2.45, 2.75) is 90.1 Å². The average molecular weight is 1560 g/mol. The first-order chi connectivity index (χ1) is 46.1. The molecule has 0 unspecified atom stereocenters. The zero-order valence-corrected chi connectivity index (χ0v) is 65.7. The van der Waals surface area contributed by atoms with Crippen LogP contribution in [0.1, 0.15) is 51.4 Å². The van der Waals surface area contributed by atoms with Crippen LogP contribution in [0.3, 0.4) is 0 Å². The molecule has 12 rings (SSSR count). The Bertz CT molecular complexity index is 3130. The van der Waals surface area contributed by atoms with Crippen molar-refractivity contribution in [1.82, 2.24) is 0 Å². The van der Waals surface area contributed by atoms with Crippen LogP contribution < -0.4 is 52.8 Å². The number of hydrogen-bond donors (Lipinski definition) is 0. The molecule has 0 aromatic heterocycles. The van der Waals surface area contributed by atoms with Gasteiger partial charge in [0.25, 0.3) is 0 Å². The Morgan fingerprint density at radius 2 is 0.247 bits per heavy atom. The van der Waals surface area contributed by atoms with Gasteiger partial charge in [-0.15, -0.1) is 0 Å². The molecule has 93 heavy (non-hydrogen) atoms. The van der Waals surface area contributed by atoms with E-state index in [1.165, 1.54) is 90.1 Å². The summed E-state index contributed by atoms with van der Waals surface area (Å²) in [5.74, 6) is 0. The maximum atomic E-state index is 2.49. The topological polar surface area (TPSA) is 0 Å². The minimum atomic E-state index is -3.19. The summed E-state index contributed by atoms with van der Waals surface area (Å²) in [6.07, 6.45) is 10.4. The van der Waals surface area contributed by atoms with Gasteiger partial charge in [0.2, 0.25) is 0 Å². The molecule has 0 N–H and O–H groups in total. The van der Waals surface area contributed by atoms with Gasteiger partial charge in [0.15, 0.2) is 0 Å². The van der Waals surface area contributed by atoms with Crippen LogP contribution in [0, 0.1) is 0 Å². The monoisotopic (exact) mass is 1560 g/mol. The number of rotatable bonds is 32. The third-order valence-corrected chi connectivity index (χ3v) is 79.8. The van der Waals surface area contributed by atoms with E-state index in [1.807, 2.05) is 0 Å². The van der Waals surface area contributed by atoms with Crippen molar-refractivity contribution in [1.29, 1.82) is 0 Å². The molecule has 0 heterocycles. The zero-order chi connectivity index (χ0) is 63.2. The molecule has 12 aromatic rings. The van der Waals surface area contributed by atoms with Crippen LogP contribution in [0.25, 0.3) is 0 Å². The van der Waals surface area contributed by atoms with E-state index >= 15 is 0 Å². The summed E-state index contributed by atoms with van der Waals surface area (Å²) >= 11 is -15.9. The molecular formula is C88H92Ge4Sn. The summed E-state index contributed by atoms with van der Waals surface area (Å²) in [5.41, 5.74) is 0. The second-order valence-electron chi connectivity index (χ2n) is 26.3. The first-order valence-electron chi connectivity index (χ1n) is 34.8. The predicted octanol–water partition coefficient (Wildman–Crippen LogP) is 15.2. The normalized spacial score (nSPS) is 12.1. The van der Waals surface area contributed by atoms with Crippen LogP contribution in [-0.4, -0.2) is 71.4 Å². The molecular weight excluding hydrogens is 1470 g/mol. The molecule has 0 bridgehead atoms. The average Bonchev–Trinajstić information content (AvgIpc) is 0.829. The van der Waals surface area contributed by atoms with E-state index in [-0.39, 0.29) is 0 Å². The standard InChI is InChI=1S/4C22H23Ge.Sn/c4*1-2-3-19-23(20-13-7-4-8-14-20,21-15-9-5-10-16-21)22-17-11-6-12-18-22;/h4*4-18H,1-3,19H2;. The summed E-state index contributed by atoms with van der Waals surface area (Å²) in [7, 11) is 0. The fraction of sp³-hybridized carbons (Fsp3) is 0.182. The molecule has 0 saturated carbocycles. The van der Waals surface area contributed by atoms with Crippen molar-refractivity contribution >= 4 is 124 Å². The Morgan fingerprint density at radius 1 is 0.140 bits per heavy atom. The fourth-order valence-corrected chi connectivity index (χ4v) is 73.8. The molecule has 0 amide bonds. The van der Waals surface area contributed by atoms with Crippen LogP contribution in [0.4, 0.5) is 0 Å². The first kappa shape index (κ1) is 66.6. The molecule has 5 heteroatoms. The Balaban J connectivity index is 0.932. The van der Waals surface area contributed by atoms with Gasteiger partial charge in [0.05, 0.1) is 0 Å². The van der Waals surface area contributed by atoms with Crippen molar-refractivity contribution in [2.75, 3.05) is 0 Å². The Labute approximate surface area is 572 Å². The molecule has 0 saturated heterocycles. The van der Waals surface area contributed by atoms with Gasteiger partial charge in [-0.1, -0.05) is 0 Å². The second kappa shape index (κ2) is 33.3. The Morgan fingerprint density at radius 3 is 0.355 bits per heavy atom. The van der Waals surface area contributed by atoms with Crippen molar-refractivity contribution in [3.05, 3.63) is 364 Å². The van der Waals surface area contributed by atoms with Gasteiger partial charge in [-0.3, -0.25) is 0 Å². The molecule has 0 nitrogen and oxygen atoms in total. The van der Waals surface area contributed by atoms with Crippen molar-refractivity contribution in [3.8, 4) is 0 Å². The molecule has 0 aliphatic rings. The van der Waals surface area contributed by atoms with Crippen LogP contribution in [0.5, 0.6) is 0 Å². The van der Waals surface area contributed by atoms with Crippen molar-refractivity contribution in [2.24, 2.45) is 0 Å². The fourth-order valence-electron chi connectivity index (χ4n) is 16.7. The molecule has 0 aliphatic carbocycles. The summed E-state index contributed by atoms with van der Waals surface area (Å²) in [6.45, 7) is 0. The van der Waals surface area contributed by atoms with Gasteiger partial charge >= 0.3 is 578 Å². The van der Waals surface area contributed by atoms with E-state index in [1.54, 1.807) is 52.8 Å². The third-order valence-electron chi connectivity index (χ3n) is 21.2. The summed E-state index contributed by atoms with van der Waals surface area (Å²) in [6, 6.07) is 142. The Kier molecular flexibility index (Phi) is 23.9. The predicted molar refractivity (Wildman–Crippen MR) is 417 cm³/mol. The number of unbranched alkanes of at least 4 members (excludes halogenated alkanes) is 4. The SMILES string of the molecule is c1cc[c]([Ge]([CH2]CC[CH2][Sn]([CH2]CC[CH2][Ge]([c]2ccccc2)([c]2ccccc2)[c]2ccccc2)([CH2]CC[CH2][Ge]([c]2ccccc2)([c]2ccccc2)[c]2ccccc2)[CH2]CC[CH2][Ge]([c]2ccccc2)([c]2ccccc2)[c]2ccccc2)([c]2ccccc2)[c]2ccccc2)cc1. The van der Waals surface area contributed by atoms with Gasteiger partial charge in [-0.2, -0.15) is 0 Å². The zero-order valence-electron chi connectivity index (χ0n) is 54.5. The van der Waals surface area contributed by atoms with Gasteiger partial charge in [-0.25, -0.2) is 0 Å². The number of hydrogen-bond acceptors (Lipinski definition) is 0. The van der Waals surface area contributed by atoms with Crippen LogP contribution in [0.15, 0.2) is 364 Å².